The van der Waals surface area contributed by atoms with Crippen LogP contribution in [0.15, 0.2) is 12.1 Å². The van der Waals surface area contributed by atoms with Gasteiger partial charge in [0.05, 0.1) is 9.21 Å². The van der Waals surface area contributed by atoms with E-state index in [-0.39, 0.29) is 0 Å². The smallest absolute Gasteiger partial charge is 0.326 e. The van der Waals surface area contributed by atoms with E-state index >= 15 is 0 Å². The predicted molar refractivity (Wildman–Crippen MR) is 97.3 cm³/mol. The van der Waals surface area contributed by atoms with Gasteiger partial charge in [-0.3, -0.25) is 19.3 Å². The fourth-order valence-corrected chi connectivity index (χ4v) is 3.46. The molecule has 0 saturated carbocycles. The number of amides is 3. The molecule has 9 heteroatoms. The molecule has 142 valence electrons. The normalized spacial score (nSPS) is 19.8. The molecule has 1 saturated heterocycles. The van der Waals surface area contributed by atoms with Gasteiger partial charge in [0.15, 0.2) is 6.61 Å². The first-order valence-electron chi connectivity index (χ1n) is 8.20. The van der Waals surface area contributed by atoms with Gasteiger partial charge in [-0.1, -0.05) is 25.4 Å². The first kappa shape index (κ1) is 20.4. The van der Waals surface area contributed by atoms with Crippen LogP contribution < -0.4 is 5.32 Å². The maximum absolute atomic E-state index is 12.5. The number of Topliss-reactive ketones (excluding diaryl/α,β-unsaturated/α-hetero) is 1. The molecule has 1 aliphatic rings. The molecular formula is C17H21ClN2O5S. The van der Waals surface area contributed by atoms with Gasteiger partial charge in [0.2, 0.25) is 5.78 Å². The summed E-state index contributed by atoms with van der Waals surface area (Å²) in [5.41, 5.74) is -1.02. The molecule has 7 nitrogen and oxygen atoms in total. The summed E-state index contributed by atoms with van der Waals surface area (Å²) in [7, 11) is 0. The van der Waals surface area contributed by atoms with Crippen molar-refractivity contribution in [2.24, 2.45) is 5.92 Å². The van der Waals surface area contributed by atoms with Gasteiger partial charge in [0, 0.05) is 0 Å². The molecule has 3 amide bonds. The van der Waals surface area contributed by atoms with Gasteiger partial charge in [0.1, 0.15) is 12.1 Å². The average molecular weight is 401 g/mol. The zero-order valence-corrected chi connectivity index (χ0v) is 16.4. The molecule has 0 radical (unpaired) electrons. The summed E-state index contributed by atoms with van der Waals surface area (Å²) >= 11 is 6.84. The molecule has 2 heterocycles. The van der Waals surface area contributed by atoms with E-state index in [0.29, 0.717) is 21.6 Å². The van der Waals surface area contributed by atoms with Crippen molar-refractivity contribution in [2.75, 3.05) is 13.2 Å². The average Bonchev–Trinajstić information content (AvgIpc) is 3.08. The Hall–Kier alpha value is -1.93. The Kier molecular flexibility index (Phi) is 6.41. The minimum absolute atomic E-state index is 0.374. The Labute approximate surface area is 160 Å². The van der Waals surface area contributed by atoms with Crippen LogP contribution in [0.5, 0.6) is 0 Å². The van der Waals surface area contributed by atoms with Crippen molar-refractivity contribution in [3.05, 3.63) is 21.3 Å². The molecule has 0 bridgehead atoms. The highest BCUT2D eigenvalue weighted by Crippen LogP contribution is 2.25. The van der Waals surface area contributed by atoms with Crippen LogP contribution in [0.1, 0.15) is 43.3 Å². The quantitative estimate of drug-likeness (QED) is 0.411. The van der Waals surface area contributed by atoms with E-state index in [1.165, 1.54) is 0 Å². The maximum atomic E-state index is 12.5. The van der Waals surface area contributed by atoms with Crippen LogP contribution >= 0.6 is 22.9 Å². The van der Waals surface area contributed by atoms with E-state index < -0.39 is 42.4 Å². The van der Waals surface area contributed by atoms with Crippen molar-refractivity contribution in [2.45, 2.75) is 39.2 Å². The molecule has 1 atom stereocenters. The Balaban J connectivity index is 1.89. The number of ether oxygens (including phenoxy) is 1. The SMILES string of the molecule is CC(C)CC[C@@]1(C)NC(=O)N(CC(=O)OCC(=O)c2ccc(Cl)s2)C1=O. The first-order valence-corrected chi connectivity index (χ1v) is 9.40. The van der Waals surface area contributed by atoms with Crippen molar-refractivity contribution < 1.29 is 23.9 Å². The second-order valence-electron chi connectivity index (χ2n) is 6.77. The number of nitrogens with one attached hydrogen (secondary N) is 1. The lowest BCUT2D eigenvalue weighted by Crippen LogP contribution is -2.44. The molecule has 1 aliphatic heterocycles. The number of carbonyl (C=O) groups is 4. The second kappa shape index (κ2) is 8.18. The molecular weight excluding hydrogens is 380 g/mol. The lowest BCUT2D eigenvalue weighted by Gasteiger charge is -2.22. The molecule has 1 aromatic heterocycles. The summed E-state index contributed by atoms with van der Waals surface area (Å²) in [4.78, 5) is 49.6. The number of urea groups is 1. The molecule has 1 N–H and O–H groups in total. The fraction of sp³-hybridized carbons (Fsp3) is 0.529. The molecule has 26 heavy (non-hydrogen) atoms. The summed E-state index contributed by atoms with van der Waals surface area (Å²) in [5, 5.41) is 2.63. The number of rotatable bonds is 8. The molecule has 0 aromatic carbocycles. The number of ketones is 1. The molecule has 0 spiro atoms. The van der Waals surface area contributed by atoms with E-state index in [0.717, 1.165) is 22.7 Å². The number of thiophene rings is 1. The number of esters is 1. The maximum Gasteiger partial charge on any atom is 0.326 e. The van der Waals surface area contributed by atoms with Crippen molar-refractivity contribution in [1.29, 1.82) is 0 Å². The third kappa shape index (κ3) is 4.82. The van der Waals surface area contributed by atoms with Crippen LogP contribution in [0.25, 0.3) is 0 Å². The highest BCUT2D eigenvalue weighted by molar-refractivity contribution is 7.18. The Morgan fingerprint density at radius 1 is 1.35 bits per heavy atom. The number of halogens is 1. The highest BCUT2D eigenvalue weighted by Gasteiger charge is 2.48. The third-order valence-corrected chi connectivity index (χ3v) is 5.34. The van der Waals surface area contributed by atoms with Crippen LogP contribution in [0.2, 0.25) is 4.34 Å². The monoisotopic (exact) mass is 400 g/mol. The minimum atomic E-state index is -1.02. The molecule has 2 rings (SSSR count). The van der Waals surface area contributed by atoms with Gasteiger partial charge in [-0.05, 0) is 37.8 Å². The van der Waals surface area contributed by atoms with Gasteiger partial charge in [-0.2, -0.15) is 0 Å². The largest absolute Gasteiger partial charge is 0.456 e. The summed E-state index contributed by atoms with van der Waals surface area (Å²) < 4.78 is 5.35. The number of hydrogen-bond donors (Lipinski definition) is 1. The number of nitrogens with zero attached hydrogens (tertiary/aromatic N) is 1. The van der Waals surface area contributed by atoms with Crippen molar-refractivity contribution in [3.63, 3.8) is 0 Å². The van der Waals surface area contributed by atoms with Crippen molar-refractivity contribution in [3.8, 4) is 0 Å². The van der Waals surface area contributed by atoms with E-state index in [1.54, 1.807) is 19.1 Å². The van der Waals surface area contributed by atoms with Gasteiger partial charge in [0.25, 0.3) is 5.91 Å². The van der Waals surface area contributed by atoms with Gasteiger partial charge >= 0.3 is 12.0 Å². The van der Waals surface area contributed by atoms with Crippen LogP contribution in [-0.4, -0.2) is 47.3 Å². The van der Waals surface area contributed by atoms with Gasteiger partial charge in [-0.15, -0.1) is 11.3 Å². The molecule has 0 aliphatic carbocycles. The van der Waals surface area contributed by atoms with Crippen LogP contribution in [0.4, 0.5) is 4.79 Å². The lowest BCUT2D eigenvalue weighted by molar-refractivity contribution is -0.146. The van der Waals surface area contributed by atoms with Crippen LogP contribution in [0.3, 0.4) is 0 Å². The van der Waals surface area contributed by atoms with E-state index in [2.05, 4.69) is 5.32 Å². The third-order valence-electron chi connectivity index (χ3n) is 4.07. The molecule has 1 aromatic rings. The number of hydrogen-bond acceptors (Lipinski definition) is 6. The molecule has 0 unspecified atom stereocenters. The standard InChI is InChI=1S/C17H21ClN2O5S/c1-10(2)6-7-17(3)15(23)20(16(24)19-17)8-14(22)25-9-11(21)12-4-5-13(18)26-12/h4-5,10H,6-9H2,1-3H3,(H,19,24)/t17-/m1/s1. The summed E-state index contributed by atoms with van der Waals surface area (Å²) in [6.45, 7) is 4.70. The highest BCUT2D eigenvalue weighted by atomic mass is 35.5. The van der Waals surface area contributed by atoms with E-state index in [4.69, 9.17) is 16.3 Å². The minimum Gasteiger partial charge on any atom is -0.456 e. The topological polar surface area (TPSA) is 92.8 Å². The number of imide groups is 1. The Bertz CT molecular complexity index is 732. The van der Waals surface area contributed by atoms with Crippen LogP contribution in [0, 0.1) is 5.92 Å². The zero-order chi connectivity index (χ0) is 19.5. The first-order chi connectivity index (χ1) is 12.1. The van der Waals surface area contributed by atoms with Crippen LogP contribution in [-0.2, 0) is 14.3 Å². The second-order valence-corrected chi connectivity index (χ2v) is 8.49. The Morgan fingerprint density at radius 3 is 2.62 bits per heavy atom. The zero-order valence-electron chi connectivity index (χ0n) is 14.8. The predicted octanol–water partition coefficient (Wildman–Crippen LogP) is 2.87. The van der Waals surface area contributed by atoms with Crippen molar-refractivity contribution >= 4 is 46.6 Å². The van der Waals surface area contributed by atoms with E-state index in [9.17, 15) is 19.2 Å². The molecule has 1 fully saturated rings. The fourth-order valence-electron chi connectivity index (χ4n) is 2.49. The van der Waals surface area contributed by atoms with Gasteiger partial charge < -0.3 is 10.1 Å². The summed E-state index contributed by atoms with van der Waals surface area (Å²) in [6.07, 6.45) is 1.25. The van der Waals surface area contributed by atoms with Gasteiger partial charge in [-0.25, -0.2) is 4.79 Å². The van der Waals surface area contributed by atoms with E-state index in [1.807, 2.05) is 13.8 Å². The Morgan fingerprint density at radius 2 is 2.04 bits per heavy atom. The van der Waals surface area contributed by atoms with Crippen molar-refractivity contribution in [1.82, 2.24) is 10.2 Å². The number of carbonyl (C=O) groups excluding carboxylic acids is 4. The summed E-state index contributed by atoms with van der Waals surface area (Å²) in [5.74, 6) is -1.30. The summed E-state index contributed by atoms with van der Waals surface area (Å²) in [6, 6.07) is 2.49. The lowest BCUT2D eigenvalue weighted by atomic mass is 9.92.